The van der Waals surface area contributed by atoms with Crippen molar-refractivity contribution < 1.29 is 24.2 Å². The van der Waals surface area contributed by atoms with Gasteiger partial charge in [0, 0.05) is 30.6 Å². The Hall–Kier alpha value is -3.10. The zero-order chi connectivity index (χ0) is 24.8. The Balaban J connectivity index is 1.17. The van der Waals surface area contributed by atoms with Crippen LogP contribution < -0.4 is 10.1 Å². The van der Waals surface area contributed by atoms with Crippen LogP contribution in [0.5, 0.6) is 5.75 Å². The van der Waals surface area contributed by atoms with E-state index in [0.717, 1.165) is 73.9 Å². The standard InChI is InChI=1S/C26H36N4O5/c1-18-13-20(14-22-21(18)15-29-16-23(31)28-26(29)27-22)35-12-8-3-2-7-11-24(32)30(17-25(33)34)19-9-5-4-6-10-19/h13-14,19H,2-12,15-17H2,1H3,(H,33,34)(H,27,28,31). The van der Waals surface area contributed by atoms with Gasteiger partial charge < -0.3 is 19.6 Å². The van der Waals surface area contributed by atoms with Crippen LogP contribution in [0, 0.1) is 6.92 Å². The van der Waals surface area contributed by atoms with Crippen LogP contribution in [-0.2, 0) is 20.9 Å². The molecular weight excluding hydrogens is 448 g/mol. The Bertz CT molecular complexity index is 986. The van der Waals surface area contributed by atoms with Gasteiger partial charge in [0.25, 0.3) is 0 Å². The number of carboxylic acid groups (broad SMARTS) is 1. The van der Waals surface area contributed by atoms with E-state index in [0.29, 0.717) is 32.1 Å². The van der Waals surface area contributed by atoms with Gasteiger partial charge in [-0.05, 0) is 44.2 Å². The number of aliphatic imine (C=N–C) groups is 1. The van der Waals surface area contributed by atoms with Crippen molar-refractivity contribution in [2.75, 3.05) is 19.7 Å². The number of hydrogen-bond donors (Lipinski definition) is 2. The highest BCUT2D eigenvalue weighted by Gasteiger charge is 2.30. The molecule has 190 valence electrons. The molecule has 2 N–H and O–H groups in total. The Morgan fingerprint density at radius 1 is 1.14 bits per heavy atom. The number of amides is 2. The number of fused-ring (bicyclic) bond motifs is 2. The molecule has 1 aromatic carbocycles. The van der Waals surface area contributed by atoms with E-state index < -0.39 is 5.97 Å². The number of nitrogens with zero attached hydrogens (tertiary/aromatic N) is 3. The number of carbonyl (C=O) groups is 3. The summed E-state index contributed by atoms with van der Waals surface area (Å²) in [5.41, 5.74) is 3.06. The van der Waals surface area contributed by atoms with E-state index in [4.69, 9.17) is 4.74 Å². The number of hydrogen-bond acceptors (Lipinski definition) is 6. The molecule has 0 bridgehead atoms. The molecule has 3 aliphatic rings. The molecule has 0 aromatic heterocycles. The van der Waals surface area contributed by atoms with Gasteiger partial charge in [0.05, 0.1) is 12.3 Å². The molecule has 0 unspecified atom stereocenters. The lowest BCUT2D eigenvalue weighted by Gasteiger charge is -2.33. The first-order valence-corrected chi connectivity index (χ1v) is 12.8. The maximum Gasteiger partial charge on any atom is 0.323 e. The molecule has 0 radical (unpaired) electrons. The fourth-order valence-electron chi connectivity index (χ4n) is 5.21. The third-order valence-electron chi connectivity index (χ3n) is 7.08. The number of benzene rings is 1. The normalized spacial score (nSPS) is 17.3. The molecule has 2 heterocycles. The molecule has 1 saturated heterocycles. The summed E-state index contributed by atoms with van der Waals surface area (Å²) in [4.78, 5) is 43.7. The molecule has 35 heavy (non-hydrogen) atoms. The monoisotopic (exact) mass is 484 g/mol. The fraction of sp³-hybridized carbons (Fsp3) is 0.615. The van der Waals surface area contributed by atoms with Crippen molar-refractivity contribution in [1.82, 2.24) is 15.1 Å². The molecule has 1 saturated carbocycles. The van der Waals surface area contributed by atoms with Gasteiger partial charge in [0.2, 0.25) is 17.8 Å². The van der Waals surface area contributed by atoms with E-state index in [2.05, 4.69) is 10.3 Å². The highest BCUT2D eigenvalue weighted by molar-refractivity contribution is 6.05. The second-order valence-corrected chi connectivity index (χ2v) is 9.80. The molecular formula is C26H36N4O5. The number of carboxylic acids is 1. The Morgan fingerprint density at radius 2 is 1.91 bits per heavy atom. The fourth-order valence-corrected chi connectivity index (χ4v) is 5.21. The van der Waals surface area contributed by atoms with Crippen LogP contribution in [0.2, 0.25) is 0 Å². The second-order valence-electron chi connectivity index (χ2n) is 9.80. The molecule has 2 amide bonds. The minimum atomic E-state index is -0.935. The van der Waals surface area contributed by atoms with E-state index >= 15 is 0 Å². The van der Waals surface area contributed by atoms with Crippen LogP contribution in [0.4, 0.5) is 5.69 Å². The van der Waals surface area contributed by atoms with Gasteiger partial charge in [-0.25, -0.2) is 4.99 Å². The predicted molar refractivity (Wildman–Crippen MR) is 132 cm³/mol. The van der Waals surface area contributed by atoms with Gasteiger partial charge in [-0.1, -0.05) is 32.1 Å². The van der Waals surface area contributed by atoms with Crippen LogP contribution in [0.3, 0.4) is 0 Å². The Labute approximate surface area is 206 Å². The molecule has 4 rings (SSSR count). The zero-order valence-corrected chi connectivity index (χ0v) is 20.6. The van der Waals surface area contributed by atoms with Crippen LogP contribution in [0.1, 0.15) is 75.3 Å². The summed E-state index contributed by atoms with van der Waals surface area (Å²) >= 11 is 0. The van der Waals surface area contributed by atoms with Gasteiger partial charge in [0.1, 0.15) is 18.8 Å². The van der Waals surface area contributed by atoms with Crippen LogP contribution >= 0.6 is 0 Å². The van der Waals surface area contributed by atoms with Crippen LogP contribution in [-0.4, -0.2) is 64.4 Å². The summed E-state index contributed by atoms with van der Waals surface area (Å²) in [5.74, 6) is 0.388. The highest BCUT2D eigenvalue weighted by Crippen LogP contribution is 2.34. The van der Waals surface area contributed by atoms with E-state index in [1.165, 1.54) is 6.42 Å². The van der Waals surface area contributed by atoms with Crippen LogP contribution in [0.15, 0.2) is 17.1 Å². The quantitative estimate of drug-likeness (QED) is 0.465. The number of aryl methyl sites for hydroxylation is 1. The number of nitrogens with one attached hydrogen (secondary N) is 1. The SMILES string of the molecule is Cc1cc(OCCCCCCC(=O)N(CC(=O)O)C2CCCCC2)cc2c1CN1CC(=O)NC1=N2. The molecule has 2 fully saturated rings. The van der Waals surface area contributed by atoms with Crippen molar-refractivity contribution in [2.45, 2.75) is 83.7 Å². The van der Waals surface area contributed by atoms with Crippen molar-refractivity contribution in [2.24, 2.45) is 4.99 Å². The van der Waals surface area contributed by atoms with Gasteiger partial charge >= 0.3 is 5.97 Å². The first-order chi connectivity index (χ1) is 16.9. The van der Waals surface area contributed by atoms with Crippen molar-refractivity contribution in [1.29, 1.82) is 0 Å². The molecule has 9 heteroatoms. The molecule has 2 aliphatic heterocycles. The average molecular weight is 485 g/mol. The van der Waals surface area contributed by atoms with Gasteiger partial charge in [0.15, 0.2) is 0 Å². The maximum atomic E-state index is 12.7. The number of aliphatic carboxylic acids is 1. The third-order valence-corrected chi connectivity index (χ3v) is 7.08. The maximum absolute atomic E-state index is 12.7. The number of unbranched alkanes of at least 4 members (excludes halogenated alkanes) is 3. The number of carbonyl (C=O) groups excluding carboxylic acids is 2. The minimum Gasteiger partial charge on any atom is -0.494 e. The van der Waals surface area contributed by atoms with Gasteiger partial charge in [-0.2, -0.15) is 0 Å². The number of rotatable bonds is 11. The first-order valence-electron chi connectivity index (χ1n) is 12.8. The van der Waals surface area contributed by atoms with E-state index in [9.17, 15) is 19.5 Å². The summed E-state index contributed by atoms with van der Waals surface area (Å²) < 4.78 is 5.96. The summed E-state index contributed by atoms with van der Waals surface area (Å²) in [6, 6.07) is 4.03. The van der Waals surface area contributed by atoms with Crippen molar-refractivity contribution in [3.8, 4) is 5.75 Å². The Morgan fingerprint density at radius 3 is 2.69 bits per heavy atom. The lowest BCUT2D eigenvalue weighted by Crippen LogP contribution is -2.44. The van der Waals surface area contributed by atoms with Crippen molar-refractivity contribution in [3.05, 3.63) is 23.3 Å². The molecule has 9 nitrogen and oxygen atoms in total. The summed E-state index contributed by atoms with van der Waals surface area (Å²) in [6.07, 6.45) is 9.04. The van der Waals surface area contributed by atoms with Gasteiger partial charge in [-0.3, -0.25) is 19.7 Å². The third kappa shape index (κ3) is 6.52. The summed E-state index contributed by atoms with van der Waals surface area (Å²) in [6.45, 7) is 3.45. The van der Waals surface area contributed by atoms with E-state index in [1.807, 2.05) is 24.0 Å². The molecule has 1 aromatic rings. The minimum absolute atomic E-state index is 0.0290. The van der Waals surface area contributed by atoms with E-state index in [-0.39, 0.29) is 24.4 Å². The predicted octanol–water partition coefficient (Wildman–Crippen LogP) is 3.50. The smallest absolute Gasteiger partial charge is 0.323 e. The highest BCUT2D eigenvalue weighted by atomic mass is 16.5. The summed E-state index contributed by atoms with van der Waals surface area (Å²) in [5, 5.41) is 12.0. The Kier molecular flexibility index (Phi) is 8.25. The van der Waals surface area contributed by atoms with E-state index in [1.54, 1.807) is 4.90 Å². The lowest BCUT2D eigenvalue weighted by atomic mass is 9.93. The summed E-state index contributed by atoms with van der Waals surface area (Å²) in [7, 11) is 0. The number of guanidine groups is 1. The average Bonchev–Trinajstić information content (AvgIpc) is 3.20. The molecule has 1 aliphatic carbocycles. The van der Waals surface area contributed by atoms with Gasteiger partial charge in [-0.15, -0.1) is 0 Å². The van der Waals surface area contributed by atoms with Crippen molar-refractivity contribution in [3.63, 3.8) is 0 Å². The molecule has 0 atom stereocenters. The molecule has 0 spiro atoms. The van der Waals surface area contributed by atoms with Crippen LogP contribution in [0.25, 0.3) is 0 Å². The zero-order valence-electron chi connectivity index (χ0n) is 20.6. The first kappa shape index (κ1) is 25.0. The second kappa shape index (κ2) is 11.6. The lowest BCUT2D eigenvalue weighted by molar-refractivity contribution is -0.146. The number of ether oxygens (including phenoxy) is 1. The van der Waals surface area contributed by atoms with Crippen molar-refractivity contribution >= 4 is 29.4 Å². The topological polar surface area (TPSA) is 112 Å². The largest absolute Gasteiger partial charge is 0.494 e.